The number of nitrogens with one attached hydrogen (secondary N) is 1. The highest BCUT2D eigenvalue weighted by Gasteiger charge is 2.36. The summed E-state index contributed by atoms with van der Waals surface area (Å²) in [4.78, 5) is 27.1. The molecule has 0 radical (unpaired) electrons. The second-order valence-electron chi connectivity index (χ2n) is 9.53. The van der Waals surface area contributed by atoms with Gasteiger partial charge in [0.2, 0.25) is 21.8 Å². The number of hydrogen-bond donors (Lipinski definition) is 1. The van der Waals surface area contributed by atoms with Crippen molar-refractivity contribution in [2.45, 2.75) is 57.3 Å². The molecule has 9 heteroatoms. The van der Waals surface area contributed by atoms with Crippen molar-refractivity contribution in [3.8, 4) is 0 Å². The van der Waals surface area contributed by atoms with E-state index in [1.54, 1.807) is 24.0 Å². The number of amides is 2. The minimum Gasteiger partial charge on any atom is -0.326 e. The van der Waals surface area contributed by atoms with Crippen LogP contribution in [-0.2, 0) is 26.0 Å². The average molecular weight is 563 g/mol. The van der Waals surface area contributed by atoms with Gasteiger partial charge in [0.05, 0.1) is 10.8 Å². The number of halogens is 1. The Labute approximate surface area is 216 Å². The van der Waals surface area contributed by atoms with Crippen LogP contribution in [0.1, 0.15) is 57.1 Å². The Kier molecular flexibility index (Phi) is 7.68. The van der Waals surface area contributed by atoms with Gasteiger partial charge in [-0.25, -0.2) is 8.42 Å². The molecule has 2 aliphatic rings. The Morgan fingerprint density at radius 3 is 2.51 bits per heavy atom. The molecule has 0 spiro atoms. The molecule has 0 aliphatic carbocycles. The highest BCUT2D eigenvalue weighted by Crippen LogP contribution is 2.37. The van der Waals surface area contributed by atoms with Gasteiger partial charge in [-0.1, -0.05) is 32.9 Å². The summed E-state index contributed by atoms with van der Waals surface area (Å²) in [5, 5.41) is 2.95. The van der Waals surface area contributed by atoms with Gasteiger partial charge >= 0.3 is 0 Å². The van der Waals surface area contributed by atoms with E-state index in [2.05, 4.69) is 35.1 Å². The van der Waals surface area contributed by atoms with Crippen molar-refractivity contribution < 1.29 is 18.0 Å². The standard InChI is InChI=1S/C26H32BrN3O4S/c1-4-25(31)30-13-11-19-14-22(27)24(15-23(19)30)35(33,34)29-12-5-6-20(16-29)26(32)28-21-9-7-18(8-10-21)17(2)3/h7-10,14-15,17,20H,4-6,11-13,16H2,1-3H3,(H,28,32). The van der Waals surface area contributed by atoms with Crippen LogP contribution in [0.4, 0.5) is 11.4 Å². The summed E-state index contributed by atoms with van der Waals surface area (Å²) in [5.74, 6) is -0.224. The van der Waals surface area contributed by atoms with E-state index in [0.29, 0.717) is 60.5 Å². The number of anilines is 2. The molecule has 188 valence electrons. The molecule has 1 unspecified atom stereocenters. The van der Waals surface area contributed by atoms with Gasteiger partial charge in [-0.15, -0.1) is 0 Å². The fourth-order valence-electron chi connectivity index (χ4n) is 4.75. The lowest BCUT2D eigenvalue weighted by Gasteiger charge is -2.31. The molecule has 35 heavy (non-hydrogen) atoms. The third kappa shape index (κ3) is 5.32. The molecule has 2 aliphatic heterocycles. The Morgan fingerprint density at radius 2 is 1.86 bits per heavy atom. The topological polar surface area (TPSA) is 86.8 Å². The summed E-state index contributed by atoms with van der Waals surface area (Å²) in [6.45, 7) is 7.07. The maximum atomic E-state index is 13.6. The summed E-state index contributed by atoms with van der Waals surface area (Å²) in [7, 11) is -3.86. The predicted octanol–water partition coefficient (Wildman–Crippen LogP) is 4.91. The number of nitrogens with zero attached hydrogens (tertiary/aromatic N) is 2. The Morgan fingerprint density at radius 1 is 1.14 bits per heavy atom. The van der Waals surface area contributed by atoms with E-state index < -0.39 is 15.9 Å². The van der Waals surface area contributed by atoms with Gasteiger partial charge < -0.3 is 10.2 Å². The van der Waals surface area contributed by atoms with Crippen LogP contribution in [0, 0.1) is 5.92 Å². The van der Waals surface area contributed by atoms with Gasteiger partial charge in [0.1, 0.15) is 0 Å². The van der Waals surface area contributed by atoms with E-state index in [0.717, 1.165) is 5.56 Å². The smallest absolute Gasteiger partial charge is 0.244 e. The molecule has 2 amide bonds. The molecule has 2 heterocycles. The van der Waals surface area contributed by atoms with Gasteiger partial charge in [-0.2, -0.15) is 4.31 Å². The zero-order valence-electron chi connectivity index (χ0n) is 20.4. The number of fused-ring (bicyclic) bond motifs is 1. The van der Waals surface area contributed by atoms with E-state index in [1.165, 1.54) is 9.87 Å². The molecule has 2 aromatic rings. The minimum absolute atomic E-state index is 0.0226. The first-order valence-electron chi connectivity index (χ1n) is 12.2. The van der Waals surface area contributed by atoms with Crippen LogP contribution in [0.25, 0.3) is 0 Å². The minimum atomic E-state index is -3.86. The van der Waals surface area contributed by atoms with Crippen LogP contribution in [0.5, 0.6) is 0 Å². The van der Waals surface area contributed by atoms with Gasteiger partial charge in [0.25, 0.3) is 0 Å². The normalized spacial score (nSPS) is 18.5. The van der Waals surface area contributed by atoms with Crippen molar-refractivity contribution >= 4 is 49.1 Å². The molecule has 7 nitrogen and oxygen atoms in total. The third-order valence-electron chi connectivity index (χ3n) is 6.85. The fourth-order valence-corrected chi connectivity index (χ4v) is 7.34. The molecule has 0 aromatic heterocycles. The molecule has 1 fully saturated rings. The van der Waals surface area contributed by atoms with Gasteiger partial charge in [0, 0.05) is 41.9 Å². The monoisotopic (exact) mass is 561 g/mol. The molecular weight excluding hydrogens is 530 g/mol. The highest BCUT2D eigenvalue weighted by atomic mass is 79.9. The number of piperidine rings is 1. The summed E-state index contributed by atoms with van der Waals surface area (Å²) < 4.78 is 29.2. The molecule has 0 bridgehead atoms. The van der Waals surface area contributed by atoms with Crippen LogP contribution in [0.2, 0.25) is 0 Å². The Hall–Kier alpha value is -2.23. The number of carbonyl (C=O) groups excluding carboxylic acids is 2. The molecule has 2 aromatic carbocycles. The molecule has 0 saturated carbocycles. The first-order valence-corrected chi connectivity index (χ1v) is 14.4. The van der Waals surface area contributed by atoms with Crippen molar-refractivity contribution in [3.63, 3.8) is 0 Å². The van der Waals surface area contributed by atoms with Crippen LogP contribution in [0.15, 0.2) is 45.8 Å². The second-order valence-corrected chi connectivity index (χ2v) is 12.3. The quantitative estimate of drug-likeness (QED) is 0.542. The van der Waals surface area contributed by atoms with Gasteiger partial charge in [0.15, 0.2) is 0 Å². The van der Waals surface area contributed by atoms with Gasteiger partial charge in [-0.3, -0.25) is 9.59 Å². The lowest BCUT2D eigenvalue weighted by Crippen LogP contribution is -2.43. The summed E-state index contributed by atoms with van der Waals surface area (Å²) in [5.41, 5.74) is 3.52. The lowest BCUT2D eigenvalue weighted by atomic mass is 9.98. The third-order valence-corrected chi connectivity index (χ3v) is 9.67. The van der Waals surface area contributed by atoms with Gasteiger partial charge in [-0.05, 0) is 76.5 Å². The van der Waals surface area contributed by atoms with Crippen molar-refractivity contribution in [3.05, 3.63) is 52.0 Å². The van der Waals surface area contributed by atoms with Crippen LogP contribution in [0.3, 0.4) is 0 Å². The predicted molar refractivity (Wildman–Crippen MR) is 141 cm³/mol. The van der Waals surface area contributed by atoms with Crippen LogP contribution in [-0.4, -0.2) is 44.2 Å². The summed E-state index contributed by atoms with van der Waals surface area (Å²) in [6.07, 6.45) is 2.30. The number of sulfonamides is 1. The zero-order chi connectivity index (χ0) is 25.3. The van der Waals surface area contributed by atoms with E-state index >= 15 is 0 Å². The molecule has 4 rings (SSSR count). The first kappa shape index (κ1) is 25.9. The van der Waals surface area contributed by atoms with E-state index in [4.69, 9.17) is 0 Å². The molecule has 1 saturated heterocycles. The molecule has 1 atom stereocenters. The fraction of sp³-hybridized carbons (Fsp3) is 0.462. The number of hydrogen-bond acceptors (Lipinski definition) is 4. The number of benzene rings is 2. The van der Waals surface area contributed by atoms with E-state index in [9.17, 15) is 18.0 Å². The van der Waals surface area contributed by atoms with Crippen LogP contribution >= 0.6 is 15.9 Å². The van der Waals surface area contributed by atoms with Crippen molar-refractivity contribution in [2.24, 2.45) is 5.92 Å². The summed E-state index contributed by atoms with van der Waals surface area (Å²) in [6, 6.07) is 11.2. The lowest BCUT2D eigenvalue weighted by molar-refractivity contribution is -0.121. The van der Waals surface area contributed by atoms with Crippen molar-refractivity contribution in [1.29, 1.82) is 0 Å². The highest BCUT2D eigenvalue weighted by molar-refractivity contribution is 9.10. The zero-order valence-corrected chi connectivity index (χ0v) is 22.8. The first-order chi connectivity index (χ1) is 16.6. The second kappa shape index (κ2) is 10.4. The Bertz CT molecular complexity index is 1230. The maximum absolute atomic E-state index is 13.6. The molecular formula is C26H32BrN3O4S. The number of rotatable bonds is 6. The van der Waals surface area contributed by atoms with E-state index in [-0.39, 0.29) is 23.3 Å². The number of carbonyl (C=O) groups is 2. The van der Waals surface area contributed by atoms with Crippen molar-refractivity contribution in [2.75, 3.05) is 29.9 Å². The van der Waals surface area contributed by atoms with Crippen LogP contribution < -0.4 is 10.2 Å². The largest absolute Gasteiger partial charge is 0.326 e. The summed E-state index contributed by atoms with van der Waals surface area (Å²) >= 11 is 3.44. The molecule has 1 N–H and O–H groups in total. The average Bonchev–Trinajstić information content (AvgIpc) is 3.26. The van der Waals surface area contributed by atoms with Crippen molar-refractivity contribution in [1.82, 2.24) is 4.31 Å². The SMILES string of the molecule is CCC(=O)N1CCc2cc(Br)c(S(=O)(=O)N3CCCC(C(=O)Nc4ccc(C(C)C)cc4)C3)cc21. The van der Waals surface area contributed by atoms with E-state index in [1.807, 2.05) is 24.3 Å². The Balaban J connectivity index is 1.52. The maximum Gasteiger partial charge on any atom is 0.244 e.